The molecule has 0 aromatic carbocycles. The lowest BCUT2D eigenvalue weighted by molar-refractivity contribution is -0.136. The van der Waals surface area contributed by atoms with Crippen LogP contribution in [0.3, 0.4) is 0 Å². The summed E-state index contributed by atoms with van der Waals surface area (Å²) < 4.78 is 1.82. The Balaban J connectivity index is 0.00000192. The summed E-state index contributed by atoms with van der Waals surface area (Å²) in [6, 6.07) is 0.435. The quantitative estimate of drug-likeness (QED) is 0.859. The smallest absolute Gasteiger partial charge is 0.227 e. The molecule has 1 amide bonds. The van der Waals surface area contributed by atoms with Crippen molar-refractivity contribution in [2.24, 2.45) is 13.0 Å². The number of rotatable bonds is 3. The lowest BCUT2D eigenvalue weighted by Gasteiger charge is -2.31. The minimum absolute atomic E-state index is 0. The van der Waals surface area contributed by atoms with Gasteiger partial charge in [0, 0.05) is 45.3 Å². The van der Waals surface area contributed by atoms with E-state index in [0.717, 1.165) is 13.1 Å². The van der Waals surface area contributed by atoms with E-state index in [4.69, 9.17) is 0 Å². The van der Waals surface area contributed by atoms with Gasteiger partial charge in [0.1, 0.15) is 0 Å². The highest BCUT2D eigenvalue weighted by atomic mass is 35.5. The van der Waals surface area contributed by atoms with Crippen LogP contribution in [0.25, 0.3) is 0 Å². The summed E-state index contributed by atoms with van der Waals surface area (Å²) >= 11 is 0. The number of carbonyl (C=O) groups excluding carboxylic acids is 1. The molecule has 1 aliphatic heterocycles. The number of aryl methyl sites for hydroxylation is 1. The number of carbonyl (C=O) groups is 1. The second kappa shape index (κ2) is 8.15. The molecule has 6 heteroatoms. The molecular weight excluding hydrogens is 312 g/mol. The number of aromatic nitrogens is 2. The topological polar surface area (TPSA) is 50.2 Å². The molecule has 1 saturated carbocycles. The molecule has 0 unspecified atom stereocenters. The number of nitrogens with zero attached hydrogens (tertiary/aromatic N) is 3. The Kier molecular flexibility index (Phi) is 6.48. The zero-order valence-electron chi connectivity index (χ0n) is 14.2. The van der Waals surface area contributed by atoms with Crippen molar-refractivity contribution in [1.29, 1.82) is 0 Å². The molecule has 1 aromatic rings. The molecule has 2 atom stereocenters. The van der Waals surface area contributed by atoms with Crippen molar-refractivity contribution in [2.45, 2.75) is 50.5 Å². The van der Waals surface area contributed by atoms with E-state index >= 15 is 0 Å². The van der Waals surface area contributed by atoms with Crippen LogP contribution in [0.2, 0.25) is 0 Å². The largest absolute Gasteiger partial charge is 0.342 e. The summed E-state index contributed by atoms with van der Waals surface area (Å²) in [6.07, 6.45) is 11.4. The van der Waals surface area contributed by atoms with Gasteiger partial charge in [0.25, 0.3) is 0 Å². The number of amides is 1. The highest BCUT2D eigenvalue weighted by molar-refractivity contribution is 5.85. The molecule has 5 nitrogen and oxygen atoms in total. The van der Waals surface area contributed by atoms with Gasteiger partial charge in [0.2, 0.25) is 5.91 Å². The molecule has 0 bridgehead atoms. The van der Waals surface area contributed by atoms with Gasteiger partial charge >= 0.3 is 0 Å². The summed E-state index contributed by atoms with van der Waals surface area (Å²) in [5.41, 5.74) is 1.18. The highest BCUT2D eigenvalue weighted by Gasteiger charge is 2.37. The van der Waals surface area contributed by atoms with Crippen molar-refractivity contribution in [3.63, 3.8) is 0 Å². The van der Waals surface area contributed by atoms with E-state index in [1.807, 2.05) is 36.1 Å². The Morgan fingerprint density at radius 2 is 1.96 bits per heavy atom. The lowest BCUT2D eigenvalue weighted by atomic mass is 9.89. The van der Waals surface area contributed by atoms with Crippen molar-refractivity contribution in [2.75, 3.05) is 20.1 Å². The van der Waals surface area contributed by atoms with Gasteiger partial charge in [-0.25, -0.2) is 0 Å². The molecule has 1 aliphatic carbocycles. The zero-order chi connectivity index (χ0) is 15.5. The fourth-order valence-corrected chi connectivity index (χ4v) is 4.01. The van der Waals surface area contributed by atoms with Crippen LogP contribution in [0.15, 0.2) is 12.4 Å². The maximum atomic E-state index is 13.0. The molecule has 0 spiro atoms. The minimum Gasteiger partial charge on any atom is -0.342 e. The molecule has 1 saturated heterocycles. The molecule has 1 aromatic heterocycles. The maximum absolute atomic E-state index is 13.0. The summed E-state index contributed by atoms with van der Waals surface area (Å²) in [4.78, 5) is 15.1. The van der Waals surface area contributed by atoms with Gasteiger partial charge in [-0.3, -0.25) is 9.48 Å². The van der Waals surface area contributed by atoms with Crippen LogP contribution in [0, 0.1) is 5.92 Å². The van der Waals surface area contributed by atoms with E-state index in [1.54, 1.807) is 0 Å². The van der Waals surface area contributed by atoms with Crippen LogP contribution in [0.4, 0.5) is 0 Å². The fraction of sp³-hybridized carbons (Fsp3) is 0.765. The average Bonchev–Trinajstić information content (AvgIpc) is 3.07. The van der Waals surface area contributed by atoms with Gasteiger partial charge in [-0.1, -0.05) is 25.7 Å². The third kappa shape index (κ3) is 4.07. The first kappa shape index (κ1) is 18.3. The van der Waals surface area contributed by atoms with Gasteiger partial charge in [-0.15, -0.1) is 12.4 Å². The van der Waals surface area contributed by atoms with Gasteiger partial charge in [0.05, 0.1) is 12.1 Å². The number of halogens is 1. The molecule has 2 aliphatic rings. The summed E-state index contributed by atoms with van der Waals surface area (Å²) in [7, 11) is 3.94. The third-order valence-corrected chi connectivity index (χ3v) is 5.40. The minimum atomic E-state index is 0. The van der Waals surface area contributed by atoms with Crippen molar-refractivity contribution in [3.05, 3.63) is 18.0 Å². The van der Waals surface area contributed by atoms with Crippen LogP contribution >= 0.6 is 12.4 Å². The molecule has 2 fully saturated rings. The van der Waals surface area contributed by atoms with Crippen LogP contribution in [-0.4, -0.2) is 46.8 Å². The molecule has 3 rings (SSSR count). The molecule has 0 radical (unpaired) electrons. The van der Waals surface area contributed by atoms with Gasteiger partial charge in [0.15, 0.2) is 0 Å². The molecule has 2 heterocycles. The van der Waals surface area contributed by atoms with Crippen molar-refractivity contribution < 1.29 is 4.79 Å². The van der Waals surface area contributed by atoms with Crippen LogP contribution in [0.1, 0.15) is 50.0 Å². The Morgan fingerprint density at radius 3 is 2.57 bits per heavy atom. The van der Waals surface area contributed by atoms with Gasteiger partial charge < -0.3 is 10.2 Å². The molecule has 1 N–H and O–H groups in total. The molecule has 130 valence electrons. The Labute approximate surface area is 145 Å². The van der Waals surface area contributed by atoms with Crippen molar-refractivity contribution >= 4 is 18.3 Å². The fourth-order valence-electron chi connectivity index (χ4n) is 4.01. The zero-order valence-corrected chi connectivity index (χ0v) is 15.0. The Hall–Kier alpha value is -1.07. The van der Waals surface area contributed by atoms with Crippen molar-refractivity contribution in [1.82, 2.24) is 20.0 Å². The number of hydrogen-bond donors (Lipinski definition) is 1. The predicted octanol–water partition coefficient (Wildman–Crippen LogP) is 2.33. The second-order valence-corrected chi connectivity index (χ2v) is 6.91. The predicted molar refractivity (Wildman–Crippen MR) is 93.8 cm³/mol. The summed E-state index contributed by atoms with van der Waals surface area (Å²) in [5, 5.41) is 7.66. The lowest BCUT2D eigenvalue weighted by Crippen LogP contribution is -2.42. The highest BCUT2D eigenvalue weighted by Crippen LogP contribution is 2.31. The average molecular weight is 341 g/mol. The Bertz CT molecular complexity index is 510. The SMILES string of the molecule is CN(C(=O)[C@H]1CNC[C@@H]1c1cnn(C)c1)C1CCCCCC1.Cl. The third-order valence-electron chi connectivity index (χ3n) is 5.40. The van der Waals surface area contributed by atoms with E-state index in [-0.39, 0.29) is 24.2 Å². The normalized spacial score (nSPS) is 25.7. The van der Waals surface area contributed by atoms with E-state index in [1.165, 1.54) is 44.1 Å². The van der Waals surface area contributed by atoms with Crippen molar-refractivity contribution in [3.8, 4) is 0 Å². The van der Waals surface area contributed by atoms with Crippen LogP contribution < -0.4 is 5.32 Å². The first-order chi connectivity index (χ1) is 10.7. The first-order valence-electron chi connectivity index (χ1n) is 8.62. The van der Waals surface area contributed by atoms with E-state index in [2.05, 4.69) is 10.4 Å². The Morgan fingerprint density at radius 1 is 1.26 bits per heavy atom. The van der Waals surface area contributed by atoms with Gasteiger partial charge in [-0.2, -0.15) is 5.10 Å². The van der Waals surface area contributed by atoms with Gasteiger partial charge in [-0.05, 0) is 18.4 Å². The van der Waals surface area contributed by atoms with Crippen LogP contribution in [-0.2, 0) is 11.8 Å². The standard InChI is InChI=1S/C17H28N4O.ClH/c1-20-12-13(9-19-20)15-10-18-11-16(15)17(22)21(2)14-7-5-3-4-6-8-14;/h9,12,14-16,18H,3-8,10-11H2,1-2H3;1H/t15-,16+;/m1./s1. The molecule has 23 heavy (non-hydrogen) atoms. The maximum Gasteiger partial charge on any atom is 0.227 e. The second-order valence-electron chi connectivity index (χ2n) is 6.91. The summed E-state index contributed by atoms with van der Waals surface area (Å²) in [6.45, 7) is 1.66. The number of nitrogens with one attached hydrogen (secondary N) is 1. The van der Waals surface area contributed by atoms with E-state index in [9.17, 15) is 4.79 Å². The van der Waals surface area contributed by atoms with Crippen LogP contribution in [0.5, 0.6) is 0 Å². The van der Waals surface area contributed by atoms with E-state index in [0.29, 0.717) is 11.9 Å². The first-order valence-corrected chi connectivity index (χ1v) is 8.62. The van der Waals surface area contributed by atoms with E-state index < -0.39 is 0 Å². The monoisotopic (exact) mass is 340 g/mol. The molecular formula is C17H29ClN4O. The summed E-state index contributed by atoms with van der Waals surface area (Å²) in [5.74, 6) is 0.623. The number of hydrogen-bond acceptors (Lipinski definition) is 3.